The summed E-state index contributed by atoms with van der Waals surface area (Å²) in [6.07, 6.45) is 4.91. The second-order valence-electron chi connectivity index (χ2n) is 5.05. The SMILES string of the molecule is CNCCNCCCCCCn1nc2ccccc2n1. The highest BCUT2D eigenvalue weighted by Gasteiger charge is 2.00. The zero-order valence-corrected chi connectivity index (χ0v) is 12.3. The third-order valence-electron chi connectivity index (χ3n) is 3.34. The highest BCUT2D eigenvalue weighted by Crippen LogP contribution is 2.08. The van der Waals surface area contributed by atoms with Crippen LogP contribution in [-0.4, -0.2) is 41.7 Å². The molecular weight excluding hydrogens is 250 g/mol. The zero-order valence-electron chi connectivity index (χ0n) is 12.3. The van der Waals surface area contributed by atoms with Gasteiger partial charge in [0.25, 0.3) is 0 Å². The van der Waals surface area contributed by atoms with Gasteiger partial charge in [0.2, 0.25) is 0 Å². The second-order valence-corrected chi connectivity index (χ2v) is 5.05. The molecule has 0 bridgehead atoms. The van der Waals surface area contributed by atoms with E-state index in [1.54, 1.807) is 0 Å². The average molecular weight is 275 g/mol. The Hall–Kier alpha value is -1.46. The summed E-state index contributed by atoms with van der Waals surface area (Å²) in [6, 6.07) is 8.02. The first-order valence-corrected chi connectivity index (χ1v) is 7.55. The van der Waals surface area contributed by atoms with Gasteiger partial charge in [0, 0.05) is 13.1 Å². The predicted molar refractivity (Wildman–Crippen MR) is 82.8 cm³/mol. The first kappa shape index (κ1) is 14.9. The van der Waals surface area contributed by atoms with Crippen LogP contribution in [0.1, 0.15) is 25.7 Å². The molecule has 2 aromatic rings. The summed E-state index contributed by atoms with van der Waals surface area (Å²) in [6.45, 7) is 4.13. The van der Waals surface area contributed by atoms with Crippen LogP contribution in [0.4, 0.5) is 0 Å². The summed E-state index contributed by atoms with van der Waals surface area (Å²) in [4.78, 5) is 1.83. The number of aromatic nitrogens is 3. The molecule has 0 saturated carbocycles. The van der Waals surface area contributed by atoms with E-state index in [9.17, 15) is 0 Å². The molecule has 0 amide bonds. The zero-order chi connectivity index (χ0) is 14.0. The fraction of sp³-hybridized carbons (Fsp3) is 0.600. The molecule has 1 aromatic carbocycles. The average Bonchev–Trinajstić information content (AvgIpc) is 2.88. The van der Waals surface area contributed by atoms with Crippen molar-refractivity contribution in [1.82, 2.24) is 25.6 Å². The van der Waals surface area contributed by atoms with Crippen molar-refractivity contribution in [3.05, 3.63) is 24.3 Å². The number of nitrogens with one attached hydrogen (secondary N) is 2. The van der Waals surface area contributed by atoms with Crippen LogP contribution in [-0.2, 0) is 6.54 Å². The van der Waals surface area contributed by atoms with Crippen LogP contribution in [0, 0.1) is 0 Å². The molecule has 0 radical (unpaired) electrons. The molecule has 0 atom stereocenters. The maximum Gasteiger partial charge on any atom is 0.113 e. The van der Waals surface area contributed by atoms with Gasteiger partial charge >= 0.3 is 0 Å². The smallest absolute Gasteiger partial charge is 0.113 e. The van der Waals surface area contributed by atoms with Gasteiger partial charge in [0.1, 0.15) is 11.0 Å². The minimum Gasteiger partial charge on any atom is -0.318 e. The minimum absolute atomic E-state index is 0.919. The summed E-state index contributed by atoms with van der Waals surface area (Å²) >= 11 is 0. The van der Waals surface area contributed by atoms with Crippen molar-refractivity contribution in [2.24, 2.45) is 0 Å². The molecule has 0 fully saturated rings. The van der Waals surface area contributed by atoms with E-state index < -0.39 is 0 Å². The Morgan fingerprint density at radius 1 is 0.900 bits per heavy atom. The third-order valence-corrected chi connectivity index (χ3v) is 3.34. The number of benzene rings is 1. The van der Waals surface area contributed by atoms with E-state index in [-0.39, 0.29) is 0 Å². The Bertz CT molecular complexity index is 461. The van der Waals surface area contributed by atoms with Gasteiger partial charge < -0.3 is 10.6 Å². The number of unbranched alkanes of at least 4 members (excludes halogenated alkanes) is 3. The van der Waals surface area contributed by atoms with Gasteiger partial charge in [0.15, 0.2) is 0 Å². The molecule has 110 valence electrons. The van der Waals surface area contributed by atoms with Crippen LogP contribution in [0.25, 0.3) is 11.0 Å². The number of fused-ring (bicyclic) bond motifs is 1. The molecular formula is C15H25N5. The van der Waals surface area contributed by atoms with Crippen molar-refractivity contribution in [2.45, 2.75) is 32.2 Å². The van der Waals surface area contributed by atoms with Gasteiger partial charge in [-0.05, 0) is 38.6 Å². The molecule has 1 aromatic heterocycles. The Kier molecular flexibility index (Phi) is 6.47. The molecule has 0 aliphatic heterocycles. The van der Waals surface area contributed by atoms with Crippen LogP contribution in [0.2, 0.25) is 0 Å². The molecule has 5 nitrogen and oxygen atoms in total. The molecule has 2 N–H and O–H groups in total. The molecule has 20 heavy (non-hydrogen) atoms. The largest absolute Gasteiger partial charge is 0.318 e. The molecule has 0 spiro atoms. The van der Waals surface area contributed by atoms with Crippen LogP contribution in [0.3, 0.4) is 0 Å². The van der Waals surface area contributed by atoms with E-state index in [0.29, 0.717) is 0 Å². The standard InChI is InChI=1S/C15H25N5/c1-16-11-12-17-10-6-2-3-7-13-20-18-14-8-4-5-9-15(14)19-20/h4-5,8-9,16-17H,2-3,6-7,10-13H2,1H3. The van der Waals surface area contributed by atoms with Crippen molar-refractivity contribution < 1.29 is 0 Å². The first-order valence-electron chi connectivity index (χ1n) is 7.55. The lowest BCUT2D eigenvalue weighted by Crippen LogP contribution is -2.25. The monoisotopic (exact) mass is 275 g/mol. The molecule has 0 aliphatic rings. The second kappa shape index (κ2) is 8.66. The number of hydrogen-bond acceptors (Lipinski definition) is 4. The maximum absolute atomic E-state index is 4.47. The summed E-state index contributed by atoms with van der Waals surface area (Å²) in [5.41, 5.74) is 1.97. The Labute approximate surface area is 120 Å². The van der Waals surface area contributed by atoms with Crippen LogP contribution in [0.15, 0.2) is 24.3 Å². The van der Waals surface area contributed by atoms with E-state index in [2.05, 4.69) is 20.8 Å². The minimum atomic E-state index is 0.919. The van der Waals surface area contributed by atoms with Crippen molar-refractivity contribution >= 4 is 11.0 Å². The van der Waals surface area contributed by atoms with E-state index in [0.717, 1.165) is 43.6 Å². The predicted octanol–water partition coefficient (Wildman–Crippen LogP) is 1.80. The van der Waals surface area contributed by atoms with Crippen molar-refractivity contribution in [1.29, 1.82) is 0 Å². The van der Waals surface area contributed by atoms with E-state index in [1.165, 1.54) is 19.3 Å². The van der Waals surface area contributed by atoms with Gasteiger partial charge in [-0.25, -0.2) is 0 Å². The molecule has 5 heteroatoms. The fourth-order valence-corrected chi connectivity index (χ4v) is 2.20. The lowest BCUT2D eigenvalue weighted by Gasteiger charge is -2.04. The topological polar surface area (TPSA) is 54.8 Å². The number of likely N-dealkylation sites (N-methyl/N-ethyl adjacent to an activating group) is 1. The van der Waals surface area contributed by atoms with Gasteiger partial charge in [-0.1, -0.05) is 25.0 Å². The van der Waals surface area contributed by atoms with Crippen LogP contribution in [0.5, 0.6) is 0 Å². The Morgan fingerprint density at radius 3 is 2.30 bits per heavy atom. The molecule has 2 rings (SSSR count). The quantitative estimate of drug-likeness (QED) is 0.649. The highest BCUT2D eigenvalue weighted by molar-refractivity contribution is 5.72. The number of rotatable bonds is 10. The lowest BCUT2D eigenvalue weighted by atomic mass is 10.2. The number of nitrogens with zero attached hydrogens (tertiary/aromatic N) is 3. The first-order chi connectivity index (χ1) is 9.90. The lowest BCUT2D eigenvalue weighted by molar-refractivity contribution is 0.487. The molecule has 1 heterocycles. The fourth-order valence-electron chi connectivity index (χ4n) is 2.20. The number of aryl methyl sites for hydroxylation is 1. The Morgan fingerprint density at radius 2 is 1.60 bits per heavy atom. The van der Waals surface area contributed by atoms with Gasteiger partial charge in [-0.3, -0.25) is 0 Å². The highest BCUT2D eigenvalue weighted by atomic mass is 15.5. The maximum atomic E-state index is 4.47. The Balaban J connectivity index is 1.55. The van der Waals surface area contributed by atoms with Crippen molar-refractivity contribution in [3.63, 3.8) is 0 Å². The van der Waals surface area contributed by atoms with E-state index in [1.807, 2.05) is 36.1 Å². The summed E-state index contributed by atoms with van der Waals surface area (Å²) in [7, 11) is 1.98. The van der Waals surface area contributed by atoms with E-state index in [4.69, 9.17) is 0 Å². The summed E-state index contributed by atoms with van der Waals surface area (Å²) < 4.78 is 0. The van der Waals surface area contributed by atoms with Crippen LogP contribution < -0.4 is 10.6 Å². The number of hydrogen-bond donors (Lipinski definition) is 2. The normalized spacial score (nSPS) is 11.2. The molecule has 0 aliphatic carbocycles. The third kappa shape index (κ3) is 4.90. The van der Waals surface area contributed by atoms with Gasteiger partial charge in [-0.15, -0.1) is 0 Å². The van der Waals surface area contributed by atoms with Crippen LogP contribution >= 0.6 is 0 Å². The van der Waals surface area contributed by atoms with Gasteiger partial charge in [0.05, 0.1) is 6.54 Å². The van der Waals surface area contributed by atoms with Crippen molar-refractivity contribution in [3.8, 4) is 0 Å². The molecule has 0 saturated heterocycles. The van der Waals surface area contributed by atoms with E-state index >= 15 is 0 Å². The summed E-state index contributed by atoms with van der Waals surface area (Å²) in [5, 5.41) is 15.5. The van der Waals surface area contributed by atoms with Crippen molar-refractivity contribution in [2.75, 3.05) is 26.7 Å². The van der Waals surface area contributed by atoms with Gasteiger partial charge in [-0.2, -0.15) is 15.0 Å². The molecule has 0 unspecified atom stereocenters. The summed E-state index contributed by atoms with van der Waals surface area (Å²) in [5.74, 6) is 0.